The Morgan fingerprint density at radius 3 is 2.73 bits per heavy atom. The SMILES string of the molecule is Cc1ccccc1C(=O)Nc1cc(C2CCN(C)CC2)c[nH]1. The van der Waals surface area contributed by atoms with Gasteiger partial charge in [-0.25, -0.2) is 0 Å². The van der Waals surface area contributed by atoms with Crippen LogP contribution in [0.25, 0.3) is 0 Å². The minimum absolute atomic E-state index is 0.0603. The van der Waals surface area contributed by atoms with E-state index in [1.165, 1.54) is 18.4 Å². The second kappa shape index (κ2) is 6.36. The summed E-state index contributed by atoms with van der Waals surface area (Å²) in [5.41, 5.74) is 3.01. The predicted molar refractivity (Wildman–Crippen MR) is 89.4 cm³/mol. The third-order valence-corrected chi connectivity index (χ3v) is 4.53. The van der Waals surface area contributed by atoms with Crippen molar-refractivity contribution < 1.29 is 4.79 Å². The average Bonchev–Trinajstić information content (AvgIpc) is 2.97. The molecule has 1 aliphatic heterocycles. The summed E-state index contributed by atoms with van der Waals surface area (Å²) in [7, 11) is 2.17. The summed E-state index contributed by atoms with van der Waals surface area (Å²) < 4.78 is 0. The molecule has 0 radical (unpaired) electrons. The lowest BCUT2D eigenvalue weighted by Gasteiger charge is -2.28. The molecule has 0 bridgehead atoms. The van der Waals surface area contributed by atoms with Gasteiger partial charge in [0.25, 0.3) is 5.91 Å². The molecule has 0 spiro atoms. The molecule has 3 rings (SSSR count). The van der Waals surface area contributed by atoms with Crippen molar-refractivity contribution in [2.24, 2.45) is 0 Å². The number of aryl methyl sites for hydroxylation is 1. The Labute approximate surface area is 131 Å². The van der Waals surface area contributed by atoms with Gasteiger partial charge in [0.05, 0.1) is 0 Å². The summed E-state index contributed by atoms with van der Waals surface area (Å²) in [5, 5.41) is 2.96. The van der Waals surface area contributed by atoms with Crippen LogP contribution in [0.15, 0.2) is 36.5 Å². The van der Waals surface area contributed by atoms with Gasteiger partial charge in [-0.2, -0.15) is 0 Å². The molecular formula is C18H23N3O. The fourth-order valence-corrected chi connectivity index (χ4v) is 3.08. The average molecular weight is 297 g/mol. The number of carbonyl (C=O) groups excluding carboxylic acids is 1. The van der Waals surface area contributed by atoms with Gasteiger partial charge in [-0.15, -0.1) is 0 Å². The van der Waals surface area contributed by atoms with Gasteiger partial charge in [0, 0.05) is 11.8 Å². The van der Waals surface area contributed by atoms with Crippen molar-refractivity contribution in [3.05, 3.63) is 53.2 Å². The summed E-state index contributed by atoms with van der Waals surface area (Å²) in [6.07, 6.45) is 4.39. The van der Waals surface area contributed by atoms with Crippen LogP contribution in [0.5, 0.6) is 0 Å². The number of H-pyrrole nitrogens is 1. The number of benzene rings is 1. The second-order valence-corrected chi connectivity index (χ2v) is 6.19. The van der Waals surface area contributed by atoms with E-state index in [1.54, 1.807) is 0 Å². The van der Waals surface area contributed by atoms with Gasteiger partial charge in [0.1, 0.15) is 5.82 Å². The van der Waals surface area contributed by atoms with E-state index in [0.29, 0.717) is 5.92 Å². The summed E-state index contributed by atoms with van der Waals surface area (Å²) in [4.78, 5) is 17.9. The number of carbonyl (C=O) groups is 1. The van der Waals surface area contributed by atoms with E-state index in [4.69, 9.17) is 0 Å². The van der Waals surface area contributed by atoms with Gasteiger partial charge < -0.3 is 15.2 Å². The topological polar surface area (TPSA) is 48.1 Å². The number of piperidine rings is 1. The molecule has 1 aliphatic rings. The molecule has 0 saturated carbocycles. The molecule has 4 heteroatoms. The van der Waals surface area contributed by atoms with Gasteiger partial charge in [-0.3, -0.25) is 4.79 Å². The number of amides is 1. The number of aromatic amines is 1. The molecule has 2 aromatic rings. The molecule has 0 unspecified atom stereocenters. The van der Waals surface area contributed by atoms with Crippen molar-refractivity contribution in [2.45, 2.75) is 25.7 Å². The molecule has 2 heterocycles. The quantitative estimate of drug-likeness (QED) is 0.912. The Kier molecular flexibility index (Phi) is 4.29. The minimum atomic E-state index is -0.0603. The highest BCUT2D eigenvalue weighted by atomic mass is 16.1. The monoisotopic (exact) mass is 297 g/mol. The maximum atomic E-state index is 12.3. The molecule has 1 saturated heterocycles. The molecule has 1 aromatic carbocycles. The van der Waals surface area contributed by atoms with Gasteiger partial charge >= 0.3 is 0 Å². The van der Waals surface area contributed by atoms with Crippen LogP contribution < -0.4 is 5.32 Å². The Bertz CT molecular complexity index is 654. The molecule has 22 heavy (non-hydrogen) atoms. The lowest BCUT2D eigenvalue weighted by molar-refractivity contribution is 0.102. The van der Waals surface area contributed by atoms with Crippen LogP contribution in [0, 0.1) is 6.92 Å². The van der Waals surface area contributed by atoms with E-state index in [1.807, 2.05) is 37.4 Å². The zero-order valence-corrected chi connectivity index (χ0v) is 13.2. The van der Waals surface area contributed by atoms with E-state index in [0.717, 1.165) is 30.0 Å². The number of nitrogens with one attached hydrogen (secondary N) is 2. The molecule has 4 nitrogen and oxygen atoms in total. The first-order chi connectivity index (χ1) is 10.6. The van der Waals surface area contributed by atoms with Crippen molar-refractivity contribution in [3.8, 4) is 0 Å². The number of likely N-dealkylation sites (tertiary alicyclic amines) is 1. The van der Waals surface area contributed by atoms with E-state index < -0.39 is 0 Å². The third-order valence-electron chi connectivity index (χ3n) is 4.53. The van der Waals surface area contributed by atoms with Crippen molar-refractivity contribution >= 4 is 11.7 Å². The normalized spacial score (nSPS) is 16.6. The van der Waals surface area contributed by atoms with Gasteiger partial charge in [0.15, 0.2) is 0 Å². The molecule has 1 aromatic heterocycles. The van der Waals surface area contributed by atoms with Crippen LogP contribution in [0.3, 0.4) is 0 Å². The van der Waals surface area contributed by atoms with Crippen LogP contribution in [-0.2, 0) is 0 Å². The van der Waals surface area contributed by atoms with Crippen molar-refractivity contribution in [3.63, 3.8) is 0 Å². The molecule has 0 atom stereocenters. The van der Waals surface area contributed by atoms with E-state index in [9.17, 15) is 4.79 Å². The highest BCUT2D eigenvalue weighted by Crippen LogP contribution is 2.29. The van der Waals surface area contributed by atoms with Crippen molar-refractivity contribution in [1.82, 2.24) is 9.88 Å². The van der Waals surface area contributed by atoms with E-state index >= 15 is 0 Å². The van der Waals surface area contributed by atoms with E-state index in [2.05, 4.69) is 28.3 Å². The van der Waals surface area contributed by atoms with Crippen LogP contribution in [-0.4, -0.2) is 35.9 Å². The number of aromatic nitrogens is 1. The first-order valence-electron chi connectivity index (χ1n) is 7.87. The minimum Gasteiger partial charge on any atom is -0.348 e. The van der Waals surface area contributed by atoms with Crippen molar-refractivity contribution in [2.75, 3.05) is 25.5 Å². The highest BCUT2D eigenvalue weighted by Gasteiger charge is 2.19. The maximum Gasteiger partial charge on any atom is 0.257 e. The zero-order chi connectivity index (χ0) is 15.5. The Morgan fingerprint density at radius 2 is 2.00 bits per heavy atom. The standard InChI is InChI=1S/C18H23N3O/c1-13-5-3-4-6-16(13)18(22)20-17-11-15(12-19-17)14-7-9-21(2)10-8-14/h3-6,11-12,14,19H,7-10H2,1-2H3,(H,20,22). The Hall–Kier alpha value is -2.07. The first-order valence-corrected chi connectivity index (χ1v) is 7.87. The summed E-state index contributed by atoms with van der Waals surface area (Å²) >= 11 is 0. The summed E-state index contributed by atoms with van der Waals surface area (Å²) in [5.74, 6) is 1.31. The lowest BCUT2D eigenvalue weighted by atomic mass is 9.91. The number of rotatable bonds is 3. The molecule has 1 amide bonds. The molecular weight excluding hydrogens is 274 g/mol. The largest absolute Gasteiger partial charge is 0.348 e. The zero-order valence-electron chi connectivity index (χ0n) is 13.2. The van der Waals surface area contributed by atoms with Crippen LogP contribution in [0.1, 0.15) is 40.2 Å². The third kappa shape index (κ3) is 3.22. The molecule has 116 valence electrons. The maximum absolute atomic E-state index is 12.3. The number of hydrogen-bond donors (Lipinski definition) is 2. The Balaban J connectivity index is 1.67. The first kappa shape index (κ1) is 14.9. The highest BCUT2D eigenvalue weighted by molar-refractivity contribution is 6.04. The van der Waals surface area contributed by atoms with Crippen LogP contribution in [0.4, 0.5) is 5.82 Å². The van der Waals surface area contributed by atoms with Crippen LogP contribution >= 0.6 is 0 Å². The second-order valence-electron chi connectivity index (χ2n) is 6.19. The smallest absolute Gasteiger partial charge is 0.257 e. The number of nitrogens with zero attached hydrogens (tertiary/aromatic N) is 1. The predicted octanol–water partition coefficient (Wildman–Crippen LogP) is 3.38. The van der Waals surface area contributed by atoms with Crippen LogP contribution in [0.2, 0.25) is 0 Å². The van der Waals surface area contributed by atoms with Gasteiger partial charge in [-0.1, -0.05) is 18.2 Å². The number of anilines is 1. The van der Waals surface area contributed by atoms with Gasteiger partial charge in [-0.05, 0) is 69.1 Å². The molecule has 2 N–H and O–H groups in total. The Morgan fingerprint density at radius 1 is 1.27 bits per heavy atom. The number of hydrogen-bond acceptors (Lipinski definition) is 2. The fraction of sp³-hybridized carbons (Fsp3) is 0.389. The van der Waals surface area contributed by atoms with Crippen molar-refractivity contribution in [1.29, 1.82) is 0 Å². The summed E-state index contributed by atoms with van der Waals surface area (Å²) in [6, 6.07) is 9.71. The fourth-order valence-electron chi connectivity index (χ4n) is 3.08. The molecule has 1 fully saturated rings. The lowest BCUT2D eigenvalue weighted by Crippen LogP contribution is -2.29. The van der Waals surface area contributed by atoms with Gasteiger partial charge in [0.2, 0.25) is 0 Å². The van der Waals surface area contributed by atoms with E-state index in [-0.39, 0.29) is 5.91 Å². The molecule has 0 aliphatic carbocycles. The summed E-state index contributed by atoms with van der Waals surface area (Å²) in [6.45, 7) is 4.23.